The molecule has 1 aliphatic carbocycles. The molecule has 2 fully saturated rings. The number of pyridine rings is 1. The fourth-order valence-corrected chi connectivity index (χ4v) is 4.95. The number of amides is 1. The van der Waals surface area contributed by atoms with Gasteiger partial charge in [0.25, 0.3) is 5.91 Å². The van der Waals surface area contributed by atoms with Crippen LogP contribution in [-0.4, -0.2) is 51.5 Å². The second-order valence-electron chi connectivity index (χ2n) is 8.89. The fourth-order valence-electron chi connectivity index (χ4n) is 4.95. The van der Waals surface area contributed by atoms with E-state index in [4.69, 9.17) is 4.52 Å². The SMILES string of the molecule is CCCc1cc(C(=O)N(Cc2cccnc2)CC2CCN(C3CCCC3)CC2)no1. The van der Waals surface area contributed by atoms with Gasteiger partial charge in [-0.15, -0.1) is 0 Å². The fraction of sp³-hybridized carbons (Fsp3) is 0.625. The van der Waals surface area contributed by atoms with Gasteiger partial charge in [-0.25, -0.2) is 0 Å². The van der Waals surface area contributed by atoms with Gasteiger partial charge in [-0.2, -0.15) is 0 Å². The Bertz CT molecular complexity index is 793. The lowest BCUT2D eigenvalue weighted by Crippen LogP contribution is -2.43. The van der Waals surface area contributed by atoms with Crippen molar-refractivity contribution in [3.63, 3.8) is 0 Å². The number of piperidine rings is 1. The molecule has 6 nitrogen and oxygen atoms in total. The van der Waals surface area contributed by atoms with Crippen LogP contribution in [0.5, 0.6) is 0 Å². The molecule has 30 heavy (non-hydrogen) atoms. The van der Waals surface area contributed by atoms with Gasteiger partial charge in [0.2, 0.25) is 0 Å². The van der Waals surface area contributed by atoms with E-state index in [2.05, 4.69) is 22.0 Å². The molecule has 1 saturated carbocycles. The summed E-state index contributed by atoms with van der Waals surface area (Å²) in [5, 5.41) is 4.06. The Hall–Kier alpha value is -2.21. The van der Waals surface area contributed by atoms with E-state index in [9.17, 15) is 4.79 Å². The summed E-state index contributed by atoms with van der Waals surface area (Å²) >= 11 is 0. The quantitative estimate of drug-likeness (QED) is 0.649. The predicted molar refractivity (Wildman–Crippen MR) is 116 cm³/mol. The Morgan fingerprint density at radius 2 is 2.03 bits per heavy atom. The number of nitrogens with zero attached hydrogens (tertiary/aromatic N) is 4. The highest BCUT2D eigenvalue weighted by Crippen LogP contribution is 2.28. The van der Waals surface area contributed by atoms with Gasteiger partial charge in [0, 0.05) is 44.0 Å². The second-order valence-corrected chi connectivity index (χ2v) is 8.89. The van der Waals surface area contributed by atoms with Crippen LogP contribution < -0.4 is 0 Å². The number of aryl methyl sites for hydroxylation is 1. The van der Waals surface area contributed by atoms with Gasteiger partial charge in [0.1, 0.15) is 5.76 Å². The van der Waals surface area contributed by atoms with E-state index in [-0.39, 0.29) is 5.91 Å². The molecule has 2 aromatic heterocycles. The van der Waals surface area contributed by atoms with Crippen LogP contribution in [0, 0.1) is 5.92 Å². The topological polar surface area (TPSA) is 62.5 Å². The molecule has 0 atom stereocenters. The maximum Gasteiger partial charge on any atom is 0.276 e. The lowest BCUT2D eigenvalue weighted by atomic mass is 9.94. The number of carbonyl (C=O) groups excluding carboxylic acids is 1. The zero-order valence-electron chi connectivity index (χ0n) is 18.1. The van der Waals surface area contributed by atoms with E-state index in [1.54, 1.807) is 6.20 Å². The third-order valence-electron chi connectivity index (χ3n) is 6.63. The van der Waals surface area contributed by atoms with Gasteiger partial charge >= 0.3 is 0 Å². The molecule has 1 amide bonds. The van der Waals surface area contributed by atoms with Crippen molar-refractivity contribution in [2.45, 2.75) is 70.9 Å². The van der Waals surface area contributed by atoms with E-state index in [1.807, 2.05) is 29.3 Å². The van der Waals surface area contributed by atoms with Gasteiger partial charge in [-0.1, -0.05) is 31.0 Å². The minimum atomic E-state index is -0.0387. The number of rotatable bonds is 8. The highest BCUT2D eigenvalue weighted by Gasteiger charge is 2.29. The van der Waals surface area contributed by atoms with Crippen LogP contribution in [0.15, 0.2) is 35.1 Å². The molecule has 162 valence electrons. The summed E-state index contributed by atoms with van der Waals surface area (Å²) in [4.78, 5) is 22.1. The van der Waals surface area contributed by atoms with Crippen LogP contribution in [-0.2, 0) is 13.0 Å². The molecule has 0 unspecified atom stereocenters. The molecule has 0 radical (unpaired) electrons. The molecular weight excluding hydrogens is 376 g/mol. The summed E-state index contributed by atoms with van der Waals surface area (Å²) < 4.78 is 5.37. The molecule has 2 aliphatic rings. The van der Waals surface area contributed by atoms with Gasteiger partial charge in [0.15, 0.2) is 5.69 Å². The maximum atomic E-state index is 13.3. The lowest BCUT2D eigenvalue weighted by molar-refractivity contribution is 0.0640. The Morgan fingerprint density at radius 1 is 1.23 bits per heavy atom. The highest BCUT2D eigenvalue weighted by atomic mass is 16.5. The van der Waals surface area contributed by atoms with Crippen molar-refractivity contribution in [3.05, 3.63) is 47.6 Å². The zero-order chi connectivity index (χ0) is 20.8. The van der Waals surface area contributed by atoms with E-state index in [1.165, 1.54) is 25.7 Å². The van der Waals surface area contributed by atoms with Gasteiger partial charge in [-0.3, -0.25) is 9.78 Å². The average molecular weight is 411 g/mol. The summed E-state index contributed by atoms with van der Waals surface area (Å²) in [5.74, 6) is 1.28. The number of hydrogen-bond acceptors (Lipinski definition) is 5. The summed E-state index contributed by atoms with van der Waals surface area (Å²) in [6, 6.07) is 6.56. The van der Waals surface area contributed by atoms with Crippen LogP contribution in [0.1, 0.15) is 73.7 Å². The molecule has 3 heterocycles. The normalized spacial score (nSPS) is 18.7. The minimum absolute atomic E-state index is 0.0387. The third kappa shape index (κ3) is 5.28. The first-order chi connectivity index (χ1) is 14.7. The molecule has 6 heteroatoms. The van der Waals surface area contributed by atoms with E-state index in [0.29, 0.717) is 18.2 Å². The van der Waals surface area contributed by atoms with Crippen molar-refractivity contribution in [3.8, 4) is 0 Å². The molecule has 0 aromatic carbocycles. The van der Waals surface area contributed by atoms with Crippen LogP contribution >= 0.6 is 0 Å². The predicted octanol–water partition coefficient (Wildman–Crippen LogP) is 4.32. The molecule has 2 aromatic rings. The zero-order valence-corrected chi connectivity index (χ0v) is 18.1. The highest BCUT2D eigenvalue weighted by molar-refractivity contribution is 5.92. The summed E-state index contributed by atoms with van der Waals surface area (Å²) in [7, 11) is 0. The number of aromatic nitrogens is 2. The Morgan fingerprint density at radius 3 is 2.73 bits per heavy atom. The molecule has 0 bridgehead atoms. The molecule has 1 aliphatic heterocycles. The second kappa shape index (κ2) is 10.2. The number of likely N-dealkylation sites (tertiary alicyclic amines) is 1. The van der Waals surface area contributed by atoms with Crippen molar-refractivity contribution in [1.82, 2.24) is 19.9 Å². The van der Waals surface area contributed by atoms with Crippen LogP contribution in [0.25, 0.3) is 0 Å². The molecule has 1 saturated heterocycles. The maximum absolute atomic E-state index is 13.3. The lowest BCUT2D eigenvalue weighted by Gasteiger charge is -2.37. The first-order valence-electron chi connectivity index (χ1n) is 11.6. The van der Waals surface area contributed by atoms with Crippen molar-refractivity contribution >= 4 is 5.91 Å². The Labute approximate surface area is 179 Å². The number of carbonyl (C=O) groups is 1. The smallest absolute Gasteiger partial charge is 0.276 e. The van der Waals surface area contributed by atoms with E-state index >= 15 is 0 Å². The van der Waals surface area contributed by atoms with E-state index in [0.717, 1.165) is 62.7 Å². The van der Waals surface area contributed by atoms with Crippen LogP contribution in [0.3, 0.4) is 0 Å². The van der Waals surface area contributed by atoms with E-state index < -0.39 is 0 Å². The largest absolute Gasteiger partial charge is 0.361 e. The number of hydrogen-bond donors (Lipinski definition) is 0. The summed E-state index contributed by atoms with van der Waals surface area (Å²) in [5.41, 5.74) is 1.47. The van der Waals surface area contributed by atoms with Crippen LogP contribution in [0.2, 0.25) is 0 Å². The standard InChI is InChI=1S/C24H34N4O2/c1-2-6-22-15-23(26-30-22)24(29)28(18-20-7-5-12-25-16-20)17-19-10-13-27(14-11-19)21-8-3-4-9-21/h5,7,12,15-16,19,21H,2-4,6,8-11,13-14,17-18H2,1H3. The molecule has 0 N–H and O–H groups in total. The minimum Gasteiger partial charge on any atom is -0.361 e. The first kappa shape index (κ1) is 21.0. The Kier molecular flexibility index (Phi) is 7.16. The third-order valence-corrected chi connectivity index (χ3v) is 6.63. The van der Waals surface area contributed by atoms with Crippen molar-refractivity contribution in [1.29, 1.82) is 0 Å². The monoisotopic (exact) mass is 410 g/mol. The van der Waals surface area contributed by atoms with Crippen molar-refractivity contribution in [2.24, 2.45) is 5.92 Å². The summed E-state index contributed by atoms with van der Waals surface area (Å²) in [6.07, 6.45) is 13.2. The van der Waals surface area contributed by atoms with Gasteiger partial charge in [0.05, 0.1) is 0 Å². The van der Waals surface area contributed by atoms with Crippen LogP contribution in [0.4, 0.5) is 0 Å². The molecule has 4 rings (SSSR count). The molecule has 0 spiro atoms. The van der Waals surface area contributed by atoms with Crippen molar-refractivity contribution < 1.29 is 9.32 Å². The molecular formula is C24H34N4O2. The average Bonchev–Trinajstić information content (AvgIpc) is 3.47. The van der Waals surface area contributed by atoms with Gasteiger partial charge < -0.3 is 14.3 Å². The summed E-state index contributed by atoms with van der Waals surface area (Å²) in [6.45, 7) is 5.74. The van der Waals surface area contributed by atoms with Gasteiger partial charge in [-0.05, 0) is 62.7 Å². The van der Waals surface area contributed by atoms with Crippen molar-refractivity contribution in [2.75, 3.05) is 19.6 Å². The first-order valence-corrected chi connectivity index (χ1v) is 11.6. The Balaban J connectivity index is 1.41.